The molecule has 0 saturated carbocycles. The zero-order valence-electron chi connectivity index (χ0n) is 7.05. The number of sulfone groups is 1. The monoisotopic (exact) mass is 188 g/mol. The number of amides is 1. The van der Waals surface area contributed by atoms with Gasteiger partial charge in [-0.15, -0.1) is 0 Å². The van der Waals surface area contributed by atoms with Gasteiger partial charge in [-0.3, -0.25) is 4.79 Å². The van der Waals surface area contributed by atoms with E-state index in [2.05, 4.69) is 5.32 Å². The van der Waals surface area contributed by atoms with Gasteiger partial charge in [0.1, 0.15) is 5.75 Å². The van der Waals surface area contributed by atoms with E-state index in [1.165, 1.54) is 0 Å². The maximum atomic E-state index is 10.6. The molecule has 11 heavy (non-hydrogen) atoms. The Morgan fingerprint density at radius 2 is 1.91 bits per heavy atom. The third kappa shape index (κ3) is 10.4. The largest absolute Gasteiger partial charge is 0.356 e. The van der Waals surface area contributed by atoms with Crippen LogP contribution in [-0.4, -0.2) is 62.4 Å². The van der Waals surface area contributed by atoms with Crippen LogP contribution in [0.2, 0.25) is 0 Å². The molecule has 1 amide bonds. The van der Waals surface area contributed by atoms with Crippen LogP contribution in [0.25, 0.3) is 0 Å². The third-order valence-corrected chi connectivity index (χ3v) is 1.55. The molecule has 0 aromatic rings. The second kappa shape index (κ2) is 5.99. The van der Waals surface area contributed by atoms with Gasteiger partial charge in [-0.05, 0) is 6.92 Å². The van der Waals surface area contributed by atoms with Crippen LogP contribution in [0.1, 0.15) is 6.92 Å². The summed E-state index contributed by atoms with van der Waals surface area (Å²) in [7, 11) is -3.16. The minimum Gasteiger partial charge on any atom is -0.356 e. The van der Waals surface area contributed by atoms with E-state index >= 15 is 0 Å². The Kier molecular flexibility index (Phi) is 7.61. The van der Waals surface area contributed by atoms with Gasteiger partial charge in [0.25, 0.3) is 0 Å². The first-order chi connectivity index (χ1) is 4.45. The van der Waals surface area contributed by atoms with E-state index in [1.54, 1.807) is 6.92 Å². The Bertz CT molecular complexity index is 212. The van der Waals surface area contributed by atoms with Crippen molar-refractivity contribution in [1.29, 1.82) is 0 Å². The summed E-state index contributed by atoms with van der Waals surface area (Å²) in [5, 5.41) is 2.38. The average Bonchev–Trinajstić information content (AvgIpc) is 1.59. The van der Waals surface area contributed by atoms with Gasteiger partial charge in [-0.25, -0.2) is 8.42 Å². The van der Waals surface area contributed by atoms with Crippen LogP contribution in [-0.2, 0) is 14.6 Å². The molecule has 1 radical (unpaired) electrons. The van der Waals surface area contributed by atoms with Gasteiger partial charge in [0.2, 0.25) is 5.91 Å². The van der Waals surface area contributed by atoms with E-state index in [-0.39, 0.29) is 29.6 Å². The Hall–Kier alpha value is 0.420. The molecule has 0 aromatic heterocycles. The molecule has 0 unspecified atom stereocenters. The molecule has 61 valence electrons. The van der Waals surface area contributed by atoms with Crippen LogP contribution in [0.15, 0.2) is 0 Å². The maximum absolute atomic E-state index is 10.6. The summed E-state index contributed by atoms with van der Waals surface area (Å²) in [6.07, 6.45) is 1.03. The Morgan fingerprint density at radius 1 is 1.45 bits per heavy atom. The molecule has 6 heteroatoms. The third-order valence-electron chi connectivity index (χ3n) is 0.767. The first-order valence-corrected chi connectivity index (χ1v) is 4.96. The summed E-state index contributed by atoms with van der Waals surface area (Å²) < 4.78 is 20.9. The van der Waals surface area contributed by atoms with Crippen LogP contribution in [0, 0.1) is 0 Å². The Balaban J connectivity index is 0. The van der Waals surface area contributed by atoms with Gasteiger partial charge in [0.05, 0.1) is 0 Å². The van der Waals surface area contributed by atoms with Gasteiger partial charge < -0.3 is 5.32 Å². The van der Waals surface area contributed by atoms with Crippen molar-refractivity contribution in [2.24, 2.45) is 0 Å². The van der Waals surface area contributed by atoms with Crippen LogP contribution in [0.3, 0.4) is 0 Å². The molecule has 1 N–H and O–H groups in total. The molecule has 0 aromatic carbocycles. The first-order valence-electron chi connectivity index (χ1n) is 2.90. The number of nitrogens with one attached hydrogen (secondary N) is 1. The number of hydrogen-bond donors (Lipinski definition) is 1. The summed E-state index contributed by atoms with van der Waals surface area (Å²) in [4.78, 5) is 10.6. The van der Waals surface area contributed by atoms with E-state index in [0.717, 1.165) is 6.26 Å². The molecule has 0 aliphatic carbocycles. The first kappa shape index (κ1) is 14.0. The smallest absolute Gasteiger partial charge is 0.235 e. The fourth-order valence-corrected chi connectivity index (χ4v) is 1.06. The molecule has 0 saturated heterocycles. The number of carbonyl (C=O) groups excluding carboxylic acids is 1. The number of rotatable bonds is 3. The van der Waals surface area contributed by atoms with E-state index in [1.807, 2.05) is 0 Å². The molecule has 0 aliphatic heterocycles. The molecule has 0 aliphatic rings. The zero-order valence-corrected chi connectivity index (χ0v) is 9.86. The summed E-state index contributed by atoms with van der Waals surface area (Å²) >= 11 is 0. The quantitative estimate of drug-likeness (QED) is 0.565. The number of carbonyl (C=O) groups is 1. The van der Waals surface area contributed by atoms with Crippen molar-refractivity contribution in [3.05, 3.63) is 0 Å². The molecule has 0 fully saturated rings. The molecular weight excluding hydrogens is 177 g/mol. The van der Waals surface area contributed by atoms with Crippen molar-refractivity contribution in [3.8, 4) is 0 Å². The van der Waals surface area contributed by atoms with Crippen molar-refractivity contribution in [3.63, 3.8) is 0 Å². The minimum atomic E-state index is -3.16. The Morgan fingerprint density at radius 3 is 2.18 bits per heavy atom. The van der Waals surface area contributed by atoms with Crippen molar-refractivity contribution in [1.82, 2.24) is 5.32 Å². The molecule has 0 spiro atoms. The van der Waals surface area contributed by atoms with Gasteiger partial charge in [-0.1, -0.05) is 0 Å². The van der Waals surface area contributed by atoms with Crippen LogP contribution >= 0.6 is 0 Å². The standard InChI is InChI=1S/C5H11NO3S.Na/c1-3-6-5(7)4-10(2,8)9;/h3-4H2,1-2H3,(H,6,7);. The number of hydrogen-bond acceptors (Lipinski definition) is 3. The van der Waals surface area contributed by atoms with Crippen molar-refractivity contribution >= 4 is 45.3 Å². The second-order valence-electron chi connectivity index (χ2n) is 2.02. The van der Waals surface area contributed by atoms with E-state index in [9.17, 15) is 13.2 Å². The SMILES string of the molecule is CCNC(=O)CS(C)(=O)=O.[Na]. The molecule has 0 bridgehead atoms. The van der Waals surface area contributed by atoms with Crippen molar-refractivity contribution < 1.29 is 13.2 Å². The minimum absolute atomic E-state index is 0. The summed E-state index contributed by atoms with van der Waals surface area (Å²) in [5.41, 5.74) is 0. The van der Waals surface area contributed by atoms with Crippen LogP contribution in [0.5, 0.6) is 0 Å². The predicted octanol–water partition coefficient (Wildman–Crippen LogP) is -1.21. The van der Waals surface area contributed by atoms with Crippen molar-refractivity contribution in [2.45, 2.75) is 6.92 Å². The van der Waals surface area contributed by atoms with Gasteiger partial charge in [0, 0.05) is 42.4 Å². The predicted molar refractivity (Wildman–Crippen MR) is 44.1 cm³/mol. The summed E-state index contributed by atoms with van der Waals surface area (Å²) in [6.45, 7) is 2.20. The fourth-order valence-electron chi connectivity index (χ4n) is 0.486. The second-order valence-corrected chi connectivity index (χ2v) is 4.16. The normalized spacial score (nSPS) is 10.0. The summed E-state index contributed by atoms with van der Waals surface area (Å²) in [5.74, 6) is -0.856. The van der Waals surface area contributed by atoms with Gasteiger partial charge >= 0.3 is 0 Å². The maximum Gasteiger partial charge on any atom is 0.235 e. The van der Waals surface area contributed by atoms with Crippen molar-refractivity contribution in [2.75, 3.05) is 18.6 Å². The molecule has 0 heterocycles. The molecular formula is C5H11NNaO3S. The average molecular weight is 188 g/mol. The molecule has 0 atom stereocenters. The van der Waals surface area contributed by atoms with Gasteiger partial charge in [0.15, 0.2) is 9.84 Å². The summed E-state index contributed by atoms with van der Waals surface area (Å²) in [6, 6.07) is 0. The topological polar surface area (TPSA) is 63.2 Å². The van der Waals surface area contributed by atoms with E-state index in [4.69, 9.17) is 0 Å². The molecule has 4 nitrogen and oxygen atoms in total. The van der Waals surface area contributed by atoms with Crippen LogP contribution in [0.4, 0.5) is 0 Å². The Labute approximate surface area is 88.9 Å². The van der Waals surface area contributed by atoms with E-state index < -0.39 is 21.5 Å². The molecule has 0 rings (SSSR count). The fraction of sp³-hybridized carbons (Fsp3) is 0.800. The van der Waals surface area contributed by atoms with Crippen LogP contribution < -0.4 is 5.32 Å². The zero-order chi connectivity index (χ0) is 8.20. The van der Waals surface area contributed by atoms with E-state index in [0.29, 0.717) is 6.54 Å². The van der Waals surface area contributed by atoms with Gasteiger partial charge in [-0.2, -0.15) is 0 Å².